The lowest BCUT2D eigenvalue weighted by atomic mass is 9.99. The lowest BCUT2D eigenvalue weighted by molar-refractivity contribution is -0.173. The van der Waals surface area contributed by atoms with Gasteiger partial charge in [0.25, 0.3) is 0 Å². The van der Waals surface area contributed by atoms with Crippen LogP contribution in [0.5, 0.6) is 11.5 Å². The van der Waals surface area contributed by atoms with Crippen LogP contribution in [0.3, 0.4) is 0 Å². The molecule has 1 fully saturated rings. The number of hydrazone groups is 1. The average Bonchev–Trinajstić information content (AvgIpc) is 3.41. The fraction of sp³-hybridized carbons (Fsp3) is 0.385. The summed E-state index contributed by atoms with van der Waals surface area (Å²) in [7, 11) is 0. The van der Waals surface area contributed by atoms with Crippen molar-refractivity contribution in [2.45, 2.75) is 51.9 Å². The molecule has 176 valence electrons. The van der Waals surface area contributed by atoms with Crippen LogP contribution in [0.1, 0.15) is 42.8 Å². The van der Waals surface area contributed by atoms with Crippen LogP contribution in [0.25, 0.3) is 11.3 Å². The highest BCUT2D eigenvalue weighted by Crippen LogP contribution is 2.41. The molecule has 0 saturated carbocycles. The molecule has 0 atom stereocenters. The van der Waals surface area contributed by atoms with Crippen molar-refractivity contribution in [1.29, 1.82) is 0 Å². The maximum atomic E-state index is 5.90. The van der Waals surface area contributed by atoms with Crippen LogP contribution in [-0.2, 0) is 22.6 Å². The van der Waals surface area contributed by atoms with Gasteiger partial charge in [-0.05, 0) is 30.2 Å². The Balaban J connectivity index is 1.20. The molecule has 3 aliphatic heterocycles. The van der Waals surface area contributed by atoms with E-state index >= 15 is 0 Å². The van der Waals surface area contributed by atoms with Crippen molar-refractivity contribution in [3.63, 3.8) is 0 Å². The molecular weight excluding hydrogens is 450 g/mol. The first-order chi connectivity index (χ1) is 16.5. The minimum Gasteiger partial charge on any atom is -0.449 e. The average molecular weight is 478 g/mol. The van der Waals surface area contributed by atoms with Crippen molar-refractivity contribution in [2.75, 3.05) is 13.2 Å². The van der Waals surface area contributed by atoms with Crippen molar-refractivity contribution in [3.05, 3.63) is 64.0 Å². The second-order valence-corrected chi connectivity index (χ2v) is 10.1. The summed E-state index contributed by atoms with van der Waals surface area (Å²) < 4.78 is 23.3. The third-order valence-electron chi connectivity index (χ3n) is 6.02. The first-order valence-electron chi connectivity index (χ1n) is 11.6. The first kappa shape index (κ1) is 21.6. The van der Waals surface area contributed by atoms with E-state index in [2.05, 4.69) is 34.7 Å². The molecule has 3 aliphatic rings. The Bertz CT molecular complexity index is 1230. The summed E-state index contributed by atoms with van der Waals surface area (Å²) >= 11 is 1.65. The predicted molar refractivity (Wildman–Crippen MR) is 130 cm³/mol. The van der Waals surface area contributed by atoms with Gasteiger partial charge in [0.15, 0.2) is 17.8 Å². The minimum atomic E-state index is -0.637. The fourth-order valence-electron chi connectivity index (χ4n) is 4.50. The second-order valence-electron chi connectivity index (χ2n) is 9.15. The third-order valence-corrected chi connectivity index (χ3v) is 6.85. The highest BCUT2D eigenvalue weighted by Gasteiger charge is 2.32. The maximum Gasteiger partial charge on any atom is 0.246 e. The zero-order valence-electron chi connectivity index (χ0n) is 19.3. The molecule has 2 aromatic carbocycles. The number of hydrogen-bond acceptors (Lipinski definition) is 8. The SMILES string of the molecule is CC1(C)Oc2ccc(-c3csc(CN4Cc5ccccc5C(CC5OCCCO5)=N4)n3)cc2O1. The highest BCUT2D eigenvalue weighted by molar-refractivity contribution is 7.09. The predicted octanol–water partition coefficient (Wildman–Crippen LogP) is 5.19. The van der Waals surface area contributed by atoms with Crippen molar-refractivity contribution in [1.82, 2.24) is 9.99 Å². The van der Waals surface area contributed by atoms with Gasteiger partial charge in [0.1, 0.15) is 5.01 Å². The molecule has 6 rings (SSSR count). The summed E-state index contributed by atoms with van der Waals surface area (Å²) in [5.74, 6) is 0.886. The molecule has 0 radical (unpaired) electrons. The molecule has 0 amide bonds. The number of hydrogen-bond donors (Lipinski definition) is 0. The number of aromatic nitrogens is 1. The molecule has 0 spiro atoms. The number of benzene rings is 2. The Morgan fingerprint density at radius 3 is 2.76 bits per heavy atom. The molecule has 0 unspecified atom stereocenters. The van der Waals surface area contributed by atoms with Gasteiger partial charge < -0.3 is 18.9 Å². The van der Waals surface area contributed by atoms with E-state index in [4.69, 9.17) is 29.0 Å². The maximum absolute atomic E-state index is 5.90. The molecule has 4 heterocycles. The quantitative estimate of drug-likeness (QED) is 0.504. The topological polar surface area (TPSA) is 65.4 Å². The molecule has 1 saturated heterocycles. The van der Waals surface area contributed by atoms with Gasteiger partial charge in [-0.15, -0.1) is 11.3 Å². The van der Waals surface area contributed by atoms with E-state index in [-0.39, 0.29) is 6.29 Å². The fourth-order valence-corrected chi connectivity index (χ4v) is 5.32. The highest BCUT2D eigenvalue weighted by atomic mass is 32.1. The van der Waals surface area contributed by atoms with Gasteiger partial charge in [-0.3, -0.25) is 5.01 Å². The van der Waals surface area contributed by atoms with E-state index in [1.807, 2.05) is 32.0 Å². The van der Waals surface area contributed by atoms with Crippen molar-refractivity contribution < 1.29 is 18.9 Å². The third kappa shape index (κ3) is 4.41. The first-order valence-corrected chi connectivity index (χ1v) is 12.5. The lowest BCUT2D eigenvalue weighted by Gasteiger charge is -2.29. The van der Waals surface area contributed by atoms with Crippen LogP contribution >= 0.6 is 11.3 Å². The van der Waals surface area contributed by atoms with Crippen LogP contribution in [0.2, 0.25) is 0 Å². The van der Waals surface area contributed by atoms with Gasteiger partial charge in [-0.1, -0.05) is 24.3 Å². The van der Waals surface area contributed by atoms with Gasteiger partial charge in [0, 0.05) is 36.8 Å². The van der Waals surface area contributed by atoms with E-state index < -0.39 is 5.79 Å². The second kappa shape index (κ2) is 8.69. The number of rotatable bonds is 5. The smallest absolute Gasteiger partial charge is 0.246 e. The standard InChI is InChI=1S/C26H27N3O4S/c1-26(2)32-22-9-8-17(12-23(22)33-26)21-16-34-24(27-21)15-29-14-18-6-3-4-7-19(18)20(28-29)13-25-30-10-5-11-31-25/h3-4,6-9,12,16,25H,5,10-11,13-15H2,1-2H3. The number of nitrogens with zero attached hydrogens (tertiary/aromatic N) is 3. The number of fused-ring (bicyclic) bond motifs is 2. The van der Waals surface area contributed by atoms with Crippen LogP contribution in [-0.4, -0.2) is 41.0 Å². The van der Waals surface area contributed by atoms with E-state index in [9.17, 15) is 0 Å². The van der Waals surface area contributed by atoms with Crippen LogP contribution in [0.4, 0.5) is 0 Å². The summed E-state index contributed by atoms with van der Waals surface area (Å²) in [6.07, 6.45) is 1.35. The molecule has 0 aliphatic carbocycles. The molecule has 1 aromatic heterocycles. The van der Waals surface area contributed by atoms with Gasteiger partial charge in [-0.2, -0.15) is 5.10 Å². The molecule has 8 heteroatoms. The molecule has 34 heavy (non-hydrogen) atoms. The van der Waals surface area contributed by atoms with Crippen LogP contribution in [0.15, 0.2) is 52.9 Å². The Morgan fingerprint density at radius 2 is 1.88 bits per heavy atom. The molecular formula is C26H27N3O4S. The van der Waals surface area contributed by atoms with Crippen molar-refractivity contribution in [2.24, 2.45) is 5.10 Å². The van der Waals surface area contributed by atoms with Crippen LogP contribution in [0, 0.1) is 0 Å². The Morgan fingerprint density at radius 1 is 1.06 bits per heavy atom. The van der Waals surface area contributed by atoms with Crippen molar-refractivity contribution in [3.8, 4) is 22.8 Å². The largest absolute Gasteiger partial charge is 0.449 e. The van der Waals surface area contributed by atoms with Crippen LogP contribution < -0.4 is 9.47 Å². The van der Waals surface area contributed by atoms with Gasteiger partial charge >= 0.3 is 0 Å². The minimum absolute atomic E-state index is 0.233. The molecule has 3 aromatic rings. The zero-order valence-corrected chi connectivity index (χ0v) is 20.1. The summed E-state index contributed by atoms with van der Waals surface area (Å²) in [4.78, 5) is 4.89. The summed E-state index contributed by atoms with van der Waals surface area (Å²) in [5.41, 5.74) is 5.39. The molecule has 0 N–H and O–H groups in total. The van der Waals surface area contributed by atoms with Gasteiger partial charge in [0.05, 0.1) is 37.7 Å². The van der Waals surface area contributed by atoms with E-state index in [1.165, 1.54) is 11.1 Å². The summed E-state index contributed by atoms with van der Waals surface area (Å²) in [6.45, 7) is 6.69. The van der Waals surface area contributed by atoms with E-state index in [0.717, 1.165) is 59.7 Å². The molecule has 7 nitrogen and oxygen atoms in total. The summed E-state index contributed by atoms with van der Waals surface area (Å²) in [5, 5.41) is 10.2. The lowest BCUT2D eigenvalue weighted by Crippen LogP contribution is -2.31. The Labute approximate surface area is 202 Å². The number of thiazole rings is 1. The van der Waals surface area contributed by atoms with Crippen molar-refractivity contribution >= 4 is 17.0 Å². The van der Waals surface area contributed by atoms with Gasteiger partial charge in [-0.25, -0.2) is 4.98 Å². The molecule has 0 bridgehead atoms. The number of ether oxygens (including phenoxy) is 4. The van der Waals surface area contributed by atoms with E-state index in [0.29, 0.717) is 13.0 Å². The monoisotopic (exact) mass is 477 g/mol. The van der Waals surface area contributed by atoms with E-state index in [1.54, 1.807) is 11.3 Å². The summed E-state index contributed by atoms with van der Waals surface area (Å²) in [6, 6.07) is 14.4. The Kier molecular flexibility index (Phi) is 5.51. The zero-order chi connectivity index (χ0) is 23.1. The normalized spacial score (nSPS) is 19.1. The Hall–Kier alpha value is -2.94. The van der Waals surface area contributed by atoms with Gasteiger partial charge in [0.2, 0.25) is 5.79 Å².